The number of oxime groups is 1. The van der Waals surface area contributed by atoms with E-state index in [1.165, 1.54) is 10.8 Å². The zero-order valence-corrected chi connectivity index (χ0v) is 9.85. The summed E-state index contributed by atoms with van der Waals surface area (Å²) in [5.74, 6) is 0. The molecule has 86 valence electrons. The van der Waals surface area contributed by atoms with Gasteiger partial charge in [-0.15, -0.1) is 0 Å². The molecular formula is C15H15NO. The second-order valence-electron chi connectivity index (χ2n) is 4.18. The van der Waals surface area contributed by atoms with Crippen molar-refractivity contribution in [2.75, 3.05) is 0 Å². The average Bonchev–Trinajstić information content (AvgIpc) is 2.38. The minimum absolute atomic E-state index is 0.592. The van der Waals surface area contributed by atoms with Crippen molar-refractivity contribution in [2.45, 2.75) is 13.3 Å². The maximum atomic E-state index is 8.65. The zero-order valence-electron chi connectivity index (χ0n) is 9.85. The van der Waals surface area contributed by atoms with Crippen LogP contribution < -0.4 is 0 Å². The first-order valence-electron chi connectivity index (χ1n) is 5.55. The largest absolute Gasteiger partial charge is 0.411 e. The van der Waals surface area contributed by atoms with Gasteiger partial charge in [0.15, 0.2) is 0 Å². The molecule has 0 aliphatic rings. The third-order valence-corrected chi connectivity index (χ3v) is 2.80. The molecule has 0 bridgehead atoms. The van der Waals surface area contributed by atoms with E-state index in [1.807, 2.05) is 12.1 Å². The smallest absolute Gasteiger partial charge is 0.0583 e. The van der Waals surface area contributed by atoms with Crippen LogP contribution in [0.4, 0.5) is 0 Å². The fourth-order valence-corrected chi connectivity index (χ4v) is 1.86. The molecule has 0 saturated carbocycles. The van der Waals surface area contributed by atoms with Gasteiger partial charge in [0.05, 0.1) is 5.71 Å². The van der Waals surface area contributed by atoms with Gasteiger partial charge < -0.3 is 5.21 Å². The van der Waals surface area contributed by atoms with Crippen LogP contribution in [0.2, 0.25) is 0 Å². The second-order valence-corrected chi connectivity index (χ2v) is 4.18. The summed E-state index contributed by atoms with van der Waals surface area (Å²) in [5, 5.41) is 14.2. The minimum atomic E-state index is 0.592. The van der Waals surface area contributed by atoms with Gasteiger partial charge in [-0.1, -0.05) is 48.1 Å². The van der Waals surface area contributed by atoms with Gasteiger partial charge in [-0.25, -0.2) is 0 Å². The molecule has 0 aromatic heterocycles. The number of hydrogen-bond donors (Lipinski definition) is 1. The summed E-state index contributed by atoms with van der Waals surface area (Å²) in [6.45, 7) is 5.81. The van der Waals surface area contributed by atoms with Crippen LogP contribution in [0.25, 0.3) is 16.3 Å². The van der Waals surface area contributed by atoms with E-state index in [1.54, 1.807) is 6.92 Å². The molecule has 0 fully saturated rings. The van der Waals surface area contributed by atoms with Gasteiger partial charge in [-0.05, 0) is 34.9 Å². The first kappa shape index (κ1) is 11.4. The molecule has 0 amide bonds. The van der Waals surface area contributed by atoms with E-state index in [4.69, 9.17) is 5.21 Å². The Bertz CT molecular complexity index is 584. The molecule has 1 N–H and O–H groups in total. The number of benzene rings is 2. The molecule has 17 heavy (non-hydrogen) atoms. The van der Waals surface area contributed by atoms with Crippen LogP contribution in [0.3, 0.4) is 0 Å². The lowest BCUT2D eigenvalue weighted by Crippen LogP contribution is -1.93. The Morgan fingerprint density at radius 3 is 2.59 bits per heavy atom. The highest BCUT2D eigenvalue weighted by molar-refractivity contribution is 5.93. The van der Waals surface area contributed by atoms with E-state index >= 15 is 0 Å². The summed E-state index contributed by atoms with van der Waals surface area (Å²) in [6.07, 6.45) is 0.592. The van der Waals surface area contributed by atoms with Crippen LogP contribution in [-0.4, -0.2) is 10.9 Å². The number of allylic oxidation sites excluding steroid dienone is 1. The molecular weight excluding hydrogens is 210 g/mol. The summed E-state index contributed by atoms with van der Waals surface area (Å²) < 4.78 is 0. The van der Waals surface area contributed by atoms with Crippen molar-refractivity contribution >= 4 is 22.1 Å². The molecule has 0 aliphatic heterocycles. The maximum absolute atomic E-state index is 8.65. The van der Waals surface area contributed by atoms with Crippen molar-refractivity contribution < 1.29 is 5.21 Å². The highest BCUT2D eigenvalue weighted by Gasteiger charge is 2.02. The molecule has 0 aliphatic carbocycles. The summed E-state index contributed by atoms with van der Waals surface area (Å²) in [5.41, 5.74) is 2.72. The Labute approximate surface area is 101 Å². The molecule has 2 nitrogen and oxygen atoms in total. The molecule has 0 saturated heterocycles. The molecule has 2 heteroatoms. The van der Waals surface area contributed by atoms with Gasteiger partial charge in [-0.3, -0.25) is 0 Å². The van der Waals surface area contributed by atoms with Crippen LogP contribution in [0.1, 0.15) is 18.9 Å². The summed E-state index contributed by atoms with van der Waals surface area (Å²) in [4.78, 5) is 0. The highest BCUT2D eigenvalue weighted by atomic mass is 16.4. The SMILES string of the molecule is C=C(C/C(C)=N/O)c1ccc2ccccc2c1. The van der Waals surface area contributed by atoms with E-state index in [-0.39, 0.29) is 0 Å². The van der Waals surface area contributed by atoms with Gasteiger partial charge in [0, 0.05) is 6.42 Å². The van der Waals surface area contributed by atoms with Gasteiger partial charge in [0.1, 0.15) is 0 Å². The topological polar surface area (TPSA) is 32.6 Å². The first-order valence-corrected chi connectivity index (χ1v) is 5.55. The summed E-state index contributed by atoms with van der Waals surface area (Å²) in [7, 11) is 0. The van der Waals surface area contributed by atoms with Crippen LogP contribution in [0, 0.1) is 0 Å². The molecule has 0 unspecified atom stereocenters. The number of fused-ring (bicyclic) bond motifs is 1. The Hall–Kier alpha value is -2.09. The summed E-state index contributed by atoms with van der Waals surface area (Å²) >= 11 is 0. The molecule has 2 aromatic rings. The second kappa shape index (κ2) is 4.83. The fraction of sp³-hybridized carbons (Fsp3) is 0.133. The monoisotopic (exact) mass is 225 g/mol. The molecule has 2 aromatic carbocycles. The fourth-order valence-electron chi connectivity index (χ4n) is 1.86. The van der Waals surface area contributed by atoms with Gasteiger partial charge in [-0.2, -0.15) is 0 Å². The molecule has 0 radical (unpaired) electrons. The molecule has 0 atom stereocenters. The van der Waals surface area contributed by atoms with Crippen LogP contribution in [-0.2, 0) is 0 Å². The maximum Gasteiger partial charge on any atom is 0.0583 e. The third kappa shape index (κ3) is 2.53. The van der Waals surface area contributed by atoms with Crippen LogP contribution in [0.15, 0.2) is 54.2 Å². The quantitative estimate of drug-likeness (QED) is 0.476. The molecule has 2 rings (SSSR count). The normalized spacial score (nSPS) is 11.7. The average molecular weight is 225 g/mol. The van der Waals surface area contributed by atoms with Crippen molar-refractivity contribution in [1.29, 1.82) is 0 Å². The van der Waals surface area contributed by atoms with E-state index in [9.17, 15) is 0 Å². The Kier molecular flexibility index (Phi) is 3.24. The third-order valence-electron chi connectivity index (χ3n) is 2.80. The zero-order chi connectivity index (χ0) is 12.3. The van der Waals surface area contributed by atoms with Crippen molar-refractivity contribution in [3.05, 3.63) is 54.6 Å². The first-order chi connectivity index (χ1) is 8.20. The van der Waals surface area contributed by atoms with Crippen molar-refractivity contribution in [3.63, 3.8) is 0 Å². The lowest BCUT2D eigenvalue weighted by Gasteiger charge is -2.06. The molecule has 0 spiro atoms. The highest BCUT2D eigenvalue weighted by Crippen LogP contribution is 2.22. The summed E-state index contributed by atoms with van der Waals surface area (Å²) in [6, 6.07) is 14.5. The Balaban J connectivity index is 2.33. The lowest BCUT2D eigenvalue weighted by atomic mass is 9.99. The van der Waals surface area contributed by atoms with E-state index in [2.05, 4.69) is 42.1 Å². The van der Waals surface area contributed by atoms with Gasteiger partial charge in [0.2, 0.25) is 0 Å². The molecule has 0 heterocycles. The van der Waals surface area contributed by atoms with Crippen molar-refractivity contribution in [3.8, 4) is 0 Å². The number of nitrogens with zero attached hydrogens (tertiary/aromatic N) is 1. The van der Waals surface area contributed by atoms with Crippen molar-refractivity contribution in [2.24, 2.45) is 5.16 Å². The standard InChI is InChI=1S/C15H15NO/c1-11(9-12(2)16-17)14-8-7-13-5-3-4-6-15(13)10-14/h3-8,10,17H,1,9H2,2H3/b16-12+. The van der Waals surface area contributed by atoms with Gasteiger partial charge >= 0.3 is 0 Å². The number of hydrogen-bond acceptors (Lipinski definition) is 2. The van der Waals surface area contributed by atoms with Gasteiger partial charge in [0.25, 0.3) is 0 Å². The van der Waals surface area contributed by atoms with E-state index in [0.29, 0.717) is 12.1 Å². The lowest BCUT2D eigenvalue weighted by molar-refractivity contribution is 0.318. The van der Waals surface area contributed by atoms with E-state index < -0.39 is 0 Å². The predicted molar refractivity (Wildman–Crippen MR) is 72.5 cm³/mol. The van der Waals surface area contributed by atoms with Crippen LogP contribution >= 0.6 is 0 Å². The Morgan fingerprint density at radius 2 is 1.88 bits per heavy atom. The minimum Gasteiger partial charge on any atom is -0.411 e. The number of rotatable bonds is 3. The van der Waals surface area contributed by atoms with E-state index in [0.717, 1.165) is 11.1 Å². The predicted octanol–water partition coefficient (Wildman–Crippen LogP) is 4.09. The Morgan fingerprint density at radius 1 is 1.18 bits per heavy atom. The van der Waals surface area contributed by atoms with Crippen molar-refractivity contribution in [1.82, 2.24) is 0 Å². The van der Waals surface area contributed by atoms with Crippen LogP contribution in [0.5, 0.6) is 0 Å².